The van der Waals surface area contributed by atoms with Gasteiger partial charge in [-0.2, -0.15) is 0 Å². The van der Waals surface area contributed by atoms with Gasteiger partial charge in [0.15, 0.2) is 0 Å². The van der Waals surface area contributed by atoms with E-state index >= 15 is 0 Å². The lowest BCUT2D eigenvalue weighted by Crippen LogP contribution is -2.24. The van der Waals surface area contributed by atoms with Crippen molar-refractivity contribution in [1.82, 2.24) is 5.32 Å². The summed E-state index contributed by atoms with van der Waals surface area (Å²) in [5, 5.41) is 2.85. The Kier molecular flexibility index (Phi) is 2.71. The second-order valence-electron chi connectivity index (χ2n) is 4.08. The van der Waals surface area contributed by atoms with E-state index in [2.05, 4.69) is 5.32 Å². The number of hydrogen-bond acceptors (Lipinski definition) is 1. The van der Waals surface area contributed by atoms with Crippen molar-refractivity contribution in [2.75, 3.05) is 0 Å². The molecule has 1 N–H and O–H groups in total. The van der Waals surface area contributed by atoms with Crippen molar-refractivity contribution in [3.63, 3.8) is 0 Å². The Hall–Kier alpha value is -1.38. The van der Waals surface area contributed by atoms with Gasteiger partial charge in [0.1, 0.15) is 5.82 Å². The van der Waals surface area contributed by atoms with Crippen LogP contribution in [0, 0.1) is 18.7 Å². The predicted octanol–water partition coefficient (Wildman–Crippen LogP) is 2.16. The minimum Gasteiger partial charge on any atom is -0.352 e. The second-order valence-corrected chi connectivity index (χ2v) is 4.08. The van der Waals surface area contributed by atoms with E-state index in [0.29, 0.717) is 12.1 Å². The van der Waals surface area contributed by atoms with E-state index in [9.17, 15) is 9.18 Å². The standard InChI is InChI=1S/C12H14FNO/c1-8-6-9(2-5-11(8)13)7-14-12(15)10-3-4-10/h2,5-6,10H,3-4,7H2,1H3,(H,14,15). The minimum atomic E-state index is -0.202. The van der Waals surface area contributed by atoms with Crippen LogP contribution < -0.4 is 5.32 Å². The molecule has 0 saturated heterocycles. The summed E-state index contributed by atoms with van der Waals surface area (Å²) in [5.74, 6) is 0.149. The largest absolute Gasteiger partial charge is 0.352 e. The van der Waals surface area contributed by atoms with Gasteiger partial charge in [-0.05, 0) is 37.0 Å². The number of carbonyl (C=O) groups excluding carboxylic acids is 1. The second kappa shape index (κ2) is 4.01. The lowest BCUT2D eigenvalue weighted by molar-refractivity contribution is -0.122. The number of amides is 1. The molecular weight excluding hydrogens is 193 g/mol. The fourth-order valence-corrected chi connectivity index (χ4v) is 1.50. The molecule has 3 heteroatoms. The molecule has 1 amide bonds. The maximum Gasteiger partial charge on any atom is 0.223 e. The zero-order chi connectivity index (χ0) is 10.8. The quantitative estimate of drug-likeness (QED) is 0.808. The first-order chi connectivity index (χ1) is 7.16. The fourth-order valence-electron chi connectivity index (χ4n) is 1.50. The average molecular weight is 207 g/mol. The first-order valence-electron chi connectivity index (χ1n) is 5.19. The van der Waals surface area contributed by atoms with Gasteiger partial charge in [0.25, 0.3) is 0 Å². The van der Waals surface area contributed by atoms with E-state index < -0.39 is 0 Å². The van der Waals surface area contributed by atoms with Crippen LogP contribution in [0.3, 0.4) is 0 Å². The van der Waals surface area contributed by atoms with Crippen molar-refractivity contribution >= 4 is 5.91 Å². The van der Waals surface area contributed by atoms with Crippen LogP contribution >= 0.6 is 0 Å². The van der Waals surface area contributed by atoms with Gasteiger partial charge in [-0.1, -0.05) is 12.1 Å². The van der Waals surface area contributed by atoms with Crippen LogP contribution in [0.25, 0.3) is 0 Å². The maximum atomic E-state index is 12.9. The lowest BCUT2D eigenvalue weighted by Gasteiger charge is -2.05. The first kappa shape index (κ1) is 10.1. The number of hydrogen-bond donors (Lipinski definition) is 1. The molecule has 0 heterocycles. The summed E-state index contributed by atoms with van der Waals surface area (Å²) < 4.78 is 12.9. The van der Waals surface area contributed by atoms with Crippen molar-refractivity contribution in [3.05, 3.63) is 35.1 Å². The Morgan fingerprint density at radius 2 is 2.27 bits per heavy atom. The molecule has 0 aliphatic heterocycles. The van der Waals surface area contributed by atoms with Crippen molar-refractivity contribution < 1.29 is 9.18 Å². The number of aryl methyl sites for hydroxylation is 1. The van der Waals surface area contributed by atoms with Crippen LogP contribution in [-0.4, -0.2) is 5.91 Å². The molecule has 1 aromatic carbocycles. The molecule has 80 valence electrons. The molecule has 1 fully saturated rings. The highest BCUT2D eigenvalue weighted by Crippen LogP contribution is 2.28. The molecule has 0 spiro atoms. The van der Waals surface area contributed by atoms with Crippen LogP contribution in [0.1, 0.15) is 24.0 Å². The van der Waals surface area contributed by atoms with Crippen molar-refractivity contribution in [3.8, 4) is 0 Å². The molecule has 1 aromatic rings. The molecule has 0 aromatic heterocycles. The van der Waals surface area contributed by atoms with Crippen LogP contribution in [-0.2, 0) is 11.3 Å². The van der Waals surface area contributed by atoms with Crippen LogP contribution in [0.5, 0.6) is 0 Å². The summed E-state index contributed by atoms with van der Waals surface area (Å²) in [7, 11) is 0. The summed E-state index contributed by atoms with van der Waals surface area (Å²) in [6, 6.07) is 4.91. The average Bonchev–Trinajstić information content (AvgIpc) is 3.03. The third-order valence-corrected chi connectivity index (χ3v) is 2.64. The van der Waals surface area contributed by atoms with Gasteiger partial charge >= 0.3 is 0 Å². The fraction of sp³-hybridized carbons (Fsp3) is 0.417. The topological polar surface area (TPSA) is 29.1 Å². The van der Waals surface area contributed by atoms with E-state index in [0.717, 1.165) is 18.4 Å². The molecule has 1 aliphatic carbocycles. The minimum absolute atomic E-state index is 0.122. The Bertz CT molecular complexity index is 385. The van der Waals surface area contributed by atoms with Crippen molar-refractivity contribution in [2.24, 2.45) is 5.92 Å². The SMILES string of the molecule is Cc1cc(CNC(=O)C2CC2)ccc1F. The number of halogens is 1. The Morgan fingerprint density at radius 3 is 2.87 bits per heavy atom. The highest BCUT2D eigenvalue weighted by Gasteiger charge is 2.29. The molecule has 15 heavy (non-hydrogen) atoms. The van der Waals surface area contributed by atoms with E-state index in [1.54, 1.807) is 19.1 Å². The summed E-state index contributed by atoms with van der Waals surface area (Å²) in [5.41, 5.74) is 1.57. The smallest absolute Gasteiger partial charge is 0.223 e. The van der Waals surface area contributed by atoms with Gasteiger partial charge in [0.2, 0.25) is 5.91 Å². The third-order valence-electron chi connectivity index (χ3n) is 2.64. The molecule has 2 rings (SSSR count). The first-order valence-corrected chi connectivity index (χ1v) is 5.19. The van der Waals surface area contributed by atoms with Crippen LogP contribution in [0.2, 0.25) is 0 Å². The number of benzene rings is 1. The normalized spacial score (nSPS) is 15.1. The summed E-state index contributed by atoms with van der Waals surface area (Å²) in [4.78, 5) is 11.3. The number of carbonyl (C=O) groups is 1. The van der Waals surface area contributed by atoms with Gasteiger partial charge in [0, 0.05) is 12.5 Å². The van der Waals surface area contributed by atoms with Crippen LogP contribution in [0.15, 0.2) is 18.2 Å². The van der Waals surface area contributed by atoms with Crippen molar-refractivity contribution in [2.45, 2.75) is 26.3 Å². The zero-order valence-corrected chi connectivity index (χ0v) is 8.72. The third kappa shape index (κ3) is 2.55. The van der Waals surface area contributed by atoms with E-state index in [4.69, 9.17) is 0 Å². The monoisotopic (exact) mass is 207 g/mol. The van der Waals surface area contributed by atoms with E-state index in [1.807, 2.05) is 0 Å². The van der Waals surface area contributed by atoms with Gasteiger partial charge in [-0.3, -0.25) is 4.79 Å². The highest BCUT2D eigenvalue weighted by molar-refractivity contribution is 5.80. The molecule has 1 aliphatic rings. The van der Waals surface area contributed by atoms with E-state index in [-0.39, 0.29) is 17.6 Å². The number of rotatable bonds is 3. The van der Waals surface area contributed by atoms with Gasteiger partial charge in [0.05, 0.1) is 0 Å². The zero-order valence-electron chi connectivity index (χ0n) is 8.72. The molecule has 0 radical (unpaired) electrons. The van der Waals surface area contributed by atoms with Gasteiger partial charge < -0.3 is 5.32 Å². The van der Waals surface area contributed by atoms with Crippen molar-refractivity contribution in [1.29, 1.82) is 0 Å². The van der Waals surface area contributed by atoms with Gasteiger partial charge in [-0.25, -0.2) is 4.39 Å². The highest BCUT2D eigenvalue weighted by atomic mass is 19.1. The van der Waals surface area contributed by atoms with Crippen LogP contribution in [0.4, 0.5) is 4.39 Å². The molecule has 2 nitrogen and oxygen atoms in total. The molecule has 1 saturated carbocycles. The van der Waals surface area contributed by atoms with E-state index in [1.165, 1.54) is 6.07 Å². The summed E-state index contributed by atoms with van der Waals surface area (Å²) >= 11 is 0. The Morgan fingerprint density at radius 1 is 1.53 bits per heavy atom. The van der Waals surface area contributed by atoms with Gasteiger partial charge in [-0.15, -0.1) is 0 Å². The summed E-state index contributed by atoms with van der Waals surface area (Å²) in [6.45, 7) is 2.22. The maximum absolute atomic E-state index is 12.9. The Balaban J connectivity index is 1.92. The number of nitrogens with one attached hydrogen (secondary N) is 1. The Labute approximate surface area is 88.5 Å². The summed E-state index contributed by atoms with van der Waals surface area (Å²) in [6.07, 6.45) is 2.02. The molecule has 0 unspecified atom stereocenters. The molecule has 0 atom stereocenters. The predicted molar refractivity (Wildman–Crippen MR) is 55.7 cm³/mol. The lowest BCUT2D eigenvalue weighted by atomic mass is 10.1. The molecular formula is C12H14FNO. The molecule has 0 bridgehead atoms.